The molecule has 0 saturated carbocycles. The number of anilines is 2. The number of aryl methyl sites for hydroxylation is 1. The third-order valence-corrected chi connectivity index (χ3v) is 5.61. The molecule has 1 fully saturated rings. The molecule has 28 heavy (non-hydrogen) atoms. The minimum Gasteiger partial charge on any atom is -0.495 e. The summed E-state index contributed by atoms with van der Waals surface area (Å²) in [6.45, 7) is 8.97. The molecule has 1 N–H and O–H groups in total. The van der Waals surface area contributed by atoms with Crippen LogP contribution in [0.3, 0.4) is 0 Å². The molecule has 3 rings (SSSR count). The lowest BCUT2D eigenvalue weighted by molar-refractivity contribution is -0.116. The first-order valence-electron chi connectivity index (χ1n) is 9.65. The number of methoxy groups -OCH3 is 1. The molecule has 2 aromatic carbocycles. The van der Waals surface area contributed by atoms with Crippen molar-refractivity contribution in [3.05, 3.63) is 52.5 Å². The summed E-state index contributed by atoms with van der Waals surface area (Å²) in [6, 6.07) is 11.7. The monoisotopic (exact) mass is 401 g/mol. The highest BCUT2D eigenvalue weighted by Crippen LogP contribution is 2.28. The standard InChI is InChI=1S/C22H28ClN3O2/c1-16-5-4-6-20(17(16)2)26-13-11-25(12-14-26)10-9-22(27)24-19-15-18(23)7-8-21(19)28-3/h4-8,15H,9-14H2,1-3H3,(H,24,27). The molecule has 0 aliphatic carbocycles. The molecule has 1 heterocycles. The van der Waals surface area contributed by atoms with Crippen molar-refractivity contribution in [2.75, 3.05) is 50.1 Å². The number of nitrogens with zero attached hydrogens (tertiary/aromatic N) is 2. The van der Waals surface area contributed by atoms with Crippen LogP contribution < -0.4 is 15.0 Å². The first-order chi connectivity index (χ1) is 13.5. The van der Waals surface area contributed by atoms with Crippen LogP contribution in [0.1, 0.15) is 17.5 Å². The molecule has 1 aliphatic rings. The molecule has 0 aromatic heterocycles. The van der Waals surface area contributed by atoms with Gasteiger partial charge in [-0.1, -0.05) is 23.7 Å². The van der Waals surface area contributed by atoms with Gasteiger partial charge in [0.25, 0.3) is 0 Å². The Morgan fingerprint density at radius 1 is 1.14 bits per heavy atom. The van der Waals surface area contributed by atoms with Gasteiger partial charge < -0.3 is 15.0 Å². The summed E-state index contributed by atoms with van der Waals surface area (Å²) < 4.78 is 5.28. The van der Waals surface area contributed by atoms with Crippen LogP contribution >= 0.6 is 11.6 Å². The van der Waals surface area contributed by atoms with Crippen LogP contribution in [0.5, 0.6) is 5.75 Å². The van der Waals surface area contributed by atoms with Gasteiger partial charge in [-0.05, 0) is 49.2 Å². The SMILES string of the molecule is COc1ccc(Cl)cc1NC(=O)CCN1CCN(c2cccc(C)c2C)CC1. The highest BCUT2D eigenvalue weighted by atomic mass is 35.5. The number of piperazine rings is 1. The molecule has 0 radical (unpaired) electrons. The highest BCUT2D eigenvalue weighted by molar-refractivity contribution is 6.31. The first-order valence-corrected chi connectivity index (χ1v) is 10.0. The molecule has 0 atom stereocenters. The maximum atomic E-state index is 12.4. The molecule has 0 bridgehead atoms. The van der Waals surface area contributed by atoms with Gasteiger partial charge in [-0.15, -0.1) is 0 Å². The summed E-state index contributed by atoms with van der Waals surface area (Å²) in [4.78, 5) is 17.1. The van der Waals surface area contributed by atoms with Gasteiger partial charge in [0, 0.05) is 49.9 Å². The summed E-state index contributed by atoms with van der Waals surface area (Å²) in [5.41, 5.74) is 4.61. The average molecular weight is 402 g/mol. The number of ether oxygens (including phenoxy) is 1. The summed E-state index contributed by atoms with van der Waals surface area (Å²) in [6.07, 6.45) is 0.444. The fraction of sp³-hybridized carbons (Fsp3) is 0.409. The molecule has 1 saturated heterocycles. The number of halogens is 1. The van der Waals surface area contributed by atoms with Crippen molar-refractivity contribution in [3.8, 4) is 5.75 Å². The van der Waals surface area contributed by atoms with Crippen molar-refractivity contribution in [1.82, 2.24) is 4.90 Å². The zero-order valence-corrected chi connectivity index (χ0v) is 17.6. The van der Waals surface area contributed by atoms with Gasteiger partial charge in [-0.2, -0.15) is 0 Å². The van der Waals surface area contributed by atoms with Crippen LogP contribution in [0.15, 0.2) is 36.4 Å². The summed E-state index contributed by atoms with van der Waals surface area (Å²) in [7, 11) is 1.58. The van der Waals surface area contributed by atoms with Crippen molar-refractivity contribution < 1.29 is 9.53 Å². The van der Waals surface area contributed by atoms with Gasteiger partial charge >= 0.3 is 0 Å². The van der Waals surface area contributed by atoms with E-state index in [-0.39, 0.29) is 5.91 Å². The molecule has 150 valence electrons. The number of amides is 1. The van der Waals surface area contributed by atoms with Crippen molar-refractivity contribution in [2.24, 2.45) is 0 Å². The number of hydrogen-bond acceptors (Lipinski definition) is 4. The minimum atomic E-state index is -0.0301. The van der Waals surface area contributed by atoms with Crippen LogP contribution in [0, 0.1) is 13.8 Å². The Balaban J connectivity index is 1.48. The van der Waals surface area contributed by atoms with E-state index >= 15 is 0 Å². The second-order valence-corrected chi connectivity index (χ2v) is 7.63. The van der Waals surface area contributed by atoms with Crippen molar-refractivity contribution in [2.45, 2.75) is 20.3 Å². The Bertz CT molecular complexity index is 833. The van der Waals surface area contributed by atoms with Crippen LogP contribution in [0.2, 0.25) is 5.02 Å². The molecule has 0 spiro atoms. The Kier molecular flexibility index (Phi) is 6.81. The Hall–Kier alpha value is -2.24. The van der Waals surface area contributed by atoms with Gasteiger partial charge in [0.05, 0.1) is 12.8 Å². The Morgan fingerprint density at radius 3 is 2.61 bits per heavy atom. The van der Waals surface area contributed by atoms with E-state index in [1.807, 2.05) is 0 Å². The lowest BCUT2D eigenvalue weighted by atomic mass is 10.1. The van der Waals surface area contributed by atoms with E-state index in [2.05, 4.69) is 47.2 Å². The normalized spacial score (nSPS) is 14.8. The minimum absolute atomic E-state index is 0.0301. The maximum Gasteiger partial charge on any atom is 0.225 e. The number of nitrogens with one attached hydrogen (secondary N) is 1. The highest BCUT2D eigenvalue weighted by Gasteiger charge is 2.19. The number of benzene rings is 2. The molecular weight excluding hydrogens is 374 g/mol. The van der Waals surface area contributed by atoms with Crippen molar-refractivity contribution in [1.29, 1.82) is 0 Å². The number of hydrogen-bond donors (Lipinski definition) is 1. The largest absolute Gasteiger partial charge is 0.495 e. The van der Waals surface area contributed by atoms with Gasteiger partial charge in [-0.3, -0.25) is 9.69 Å². The summed E-state index contributed by atoms with van der Waals surface area (Å²) in [5.74, 6) is 0.581. The quantitative estimate of drug-likeness (QED) is 0.790. The number of carbonyl (C=O) groups excluding carboxylic acids is 1. The molecule has 2 aromatic rings. The van der Waals surface area contributed by atoms with Crippen LogP contribution in [0.25, 0.3) is 0 Å². The lowest BCUT2D eigenvalue weighted by Crippen LogP contribution is -2.47. The molecule has 5 nitrogen and oxygen atoms in total. The van der Waals surface area contributed by atoms with E-state index in [4.69, 9.17) is 16.3 Å². The van der Waals surface area contributed by atoms with Gasteiger partial charge in [0.1, 0.15) is 5.75 Å². The summed E-state index contributed by atoms with van der Waals surface area (Å²) >= 11 is 6.02. The Morgan fingerprint density at radius 2 is 1.89 bits per heavy atom. The fourth-order valence-electron chi connectivity index (χ4n) is 3.54. The van der Waals surface area contributed by atoms with E-state index < -0.39 is 0 Å². The molecule has 1 aliphatic heterocycles. The molecular formula is C22H28ClN3O2. The van der Waals surface area contributed by atoms with Crippen LogP contribution in [-0.4, -0.2) is 50.6 Å². The third-order valence-electron chi connectivity index (χ3n) is 5.38. The smallest absolute Gasteiger partial charge is 0.225 e. The fourth-order valence-corrected chi connectivity index (χ4v) is 3.71. The van der Waals surface area contributed by atoms with Crippen LogP contribution in [-0.2, 0) is 4.79 Å². The van der Waals surface area contributed by atoms with Gasteiger partial charge in [-0.25, -0.2) is 0 Å². The van der Waals surface area contributed by atoms with E-state index in [1.165, 1.54) is 16.8 Å². The predicted molar refractivity (Wildman–Crippen MR) is 116 cm³/mol. The van der Waals surface area contributed by atoms with E-state index in [0.29, 0.717) is 22.9 Å². The average Bonchev–Trinajstić information content (AvgIpc) is 2.69. The van der Waals surface area contributed by atoms with E-state index in [0.717, 1.165) is 32.7 Å². The van der Waals surface area contributed by atoms with Crippen molar-refractivity contribution >= 4 is 28.9 Å². The summed E-state index contributed by atoms with van der Waals surface area (Å²) in [5, 5.41) is 3.47. The second-order valence-electron chi connectivity index (χ2n) is 7.19. The molecule has 1 amide bonds. The third kappa shape index (κ3) is 4.97. The first kappa shape index (κ1) is 20.5. The lowest BCUT2D eigenvalue weighted by Gasteiger charge is -2.37. The van der Waals surface area contributed by atoms with E-state index in [9.17, 15) is 4.79 Å². The predicted octanol–water partition coefficient (Wildman–Crippen LogP) is 4.12. The Labute approximate surface area is 172 Å². The van der Waals surface area contributed by atoms with Gasteiger partial charge in [0.2, 0.25) is 5.91 Å². The molecule has 0 unspecified atom stereocenters. The number of carbonyl (C=O) groups is 1. The van der Waals surface area contributed by atoms with Crippen molar-refractivity contribution in [3.63, 3.8) is 0 Å². The molecule has 6 heteroatoms. The zero-order valence-electron chi connectivity index (χ0n) is 16.8. The zero-order chi connectivity index (χ0) is 20.1. The van der Waals surface area contributed by atoms with Gasteiger partial charge in [0.15, 0.2) is 0 Å². The van der Waals surface area contributed by atoms with Crippen LogP contribution in [0.4, 0.5) is 11.4 Å². The number of rotatable bonds is 6. The van der Waals surface area contributed by atoms with E-state index in [1.54, 1.807) is 25.3 Å². The second kappa shape index (κ2) is 9.30. The maximum absolute atomic E-state index is 12.4. The topological polar surface area (TPSA) is 44.8 Å².